The lowest BCUT2D eigenvalue weighted by molar-refractivity contribution is -0.602. The van der Waals surface area contributed by atoms with Crippen LogP contribution in [0.25, 0.3) is 5.57 Å². The second-order valence-electron chi connectivity index (χ2n) is 2.84. The predicted molar refractivity (Wildman–Crippen MR) is 56.1 cm³/mol. The standard InChI is InChI=1S/C9H6N2O4S/c12-10-3-5-16-9(10)7(6-11(13)14)8-2-1-4-15-8/h1-6H/b7-6-. The highest BCUT2D eigenvalue weighted by atomic mass is 32.1. The maximum Gasteiger partial charge on any atom is 0.290 e. The van der Waals surface area contributed by atoms with E-state index in [1.165, 1.54) is 12.5 Å². The molecule has 2 rings (SSSR count). The van der Waals surface area contributed by atoms with E-state index in [9.17, 15) is 15.3 Å². The lowest BCUT2D eigenvalue weighted by atomic mass is 10.2. The molecule has 0 aliphatic carbocycles. The van der Waals surface area contributed by atoms with E-state index in [0.717, 1.165) is 17.5 Å². The van der Waals surface area contributed by atoms with Gasteiger partial charge in [0.1, 0.15) is 5.76 Å². The van der Waals surface area contributed by atoms with Crippen molar-refractivity contribution in [1.82, 2.24) is 0 Å². The molecule has 0 saturated carbocycles. The highest BCUT2D eigenvalue weighted by molar-refractivity contribution is 7.10. The Kier molecular flexibility index (Phi) is 2.69. The van der Waals surface area contributed by atoms with Gasteiger partial charge in [-0.2, -0.15) is 4.73 Å². The molecule has 2 heterocycles. The highest BCUT2D eigenvalue weighted by Gasteiger charge is 2.21. The van der Waals surface area contributed by atoms with Gasteiger partial charge in [0.15, 0.2) is 11.8 Å². The van der Waals surface area contributed by atoms with Gasteiger partial charge in [-0.25, -0.2) is 0 Å². The number of hydrogen-bond donors (Lipinski definition) is 0. The fraction of sp³-hybridized carbons (Fsp3) is 0. The third-order valence-corrected chi connectivity index (χ3v) is 2.71. The number of rotatable bonds is 3. The third kappa shape index (κ3) is 1.94. The second-order valence-corrected chi connectivity index (χ2v) is 3.73. The van der Waals surface area contributed by atoms with Crippen molar-refractivity contribution >= 4 is 16.9 Å². The zero-order chi connectivity index (χ0) is 11.5. The lowest BCUT2D eigenvalue weighted by Crippen LogP contribution is -2.26. The van der Waals surface area contributed by atoms with Gasteiger partial charge in [0.05, 0.1) is 16.6 Å². The molecule has 0 unspecified atom stereocenters. The van der Waals surface area contributed by atoms with E-state index in [-0.39, 0.29) is 10.6 Å². The summed E-state index contributed by atoms with van der Waals surface area (Å²) in [6, 6.07) is 3.17. The van der Waals surface area contributed by atoms with Crippen molar-refractivity contribution in [3.8, 4) is 0 Å². The molecule has 2 aromatic rings. The van der Waals surface area contributed by atoms with E-state index in [4.69, 9.17) is 4.42 Å². The van der Waals surface area contributed by atoms with Crippen LogP contribution in [-0.4, -0.2) is 4.92 Å². The van der Waals surface area contributed by atoms with Crippen LogP contribution in [0.15, 0.2) is 40.6 Å². The van der Waals surface area contributed by atoms with Crippen LogP contribution in [0.1, 0.15) is 10.8 Å². The van der Waals surface area contributed by atoms with Gasteiger partial charge >= 0.3 is 0 Å². The first-order chi connectivity index (χ1) is 7.68. The molecular formula is C9H6N2O4S. The Balaban J connectivity index is 2.53. The molecule has 0 fully saturated rings. The van der Waals surface area contributed by atoms with Gasteiger partial charge in [0.25, 0.3) is 11.2 Å². The minimum atomic E-state index is -0.614. The number of furan rings is 1. The predicted octanol–water partition coefficient (Wildman–Crippen LogP) is 1.64. The van der Waals surface area contributed by atoms with E-state index in [1.54, 1.807) is 17.5 Å². The molecule has 0 aromatic carbocycles. The van der Waals surface area contributed by atoms with Crippen molar-refractivity contribution in [1.29, 1.82) is 0 Å². The minimum absolute atomic E-state index is 0.167. The summed E-state index contributed by atoms with van der Waals surface area (Å²) in [5.74, 6) is 0.295. The smallest absolute Gasteiger partial charge is 0.290 e. The summed E-state index contributed by atoms with van der Waals surface area (Å²) < 4.78 is 5.63. The molecule has 0 amide bonds. The number of thiazole rings is 1. The van der Waals surface area contributed by atoms with Crippen LogP contribution >= 0.6 is 11.3 Å². The van der Waals surface area contributed by atoms with Crippen molar-refractivity contribution in [3.05, 3.63) is 62.3 Å². The molecule has 0 N–H and O–H groups in total. The number of aromatic nitrogens is 1. The van der Waals surface area contributed by atoms with Gasteiger partial charge in [-0.3, -0.25) is 10.1 Å². The number of hydrogen-bond acceptors (Lipinski definition) is 5. The fourth-order valence-electron chi connectivity index (χ4n) is 1.21. The van der Waals surface area contributed by atoms with Crippen LogP contribution in [0.3, 0.4) is 0 Å². The van der Waals surface area contributed by atoms with Crippen molar-refractivity contribution in [2.24, 2.45) is 0 Å². The van der Waals surface area contributed by atoms with Crippen LogP contribution < -0.4 is 4.73 Å². The number of nitrogens with zero attached hydrogens (tertiary/aromatic N) is 2. The molecular weight excluding hydrogens is 232 g/mol. The summed E-state index contributed by atoms with van der Waals surface area (Å²) in [6.45, 7) is 0. The molecule has 0 aliphatic rings. The SMILES string of the molecule is O=[N+]([O-])/C=C(/c1ccco1)c1scc[n+]1[O-]. The minimum Gasteiger partial charge on any atom is -0.618 e. The Bertz CT molecular complexity index is 529. The Morgan fingerprint density at radius 3 is 2.94 bits per heavy atom. The molecule has 0 aliphatic heterocycles. The quantitative estimate of drug-likeness (QED) is 0.352. The first-order valence-electron chi connectivity index (χ1n) is 4.24. The Labute approximate surface area is 93.8 Å². The summed E-state index contributed by atoms with van der Waals surface area (Å²) in [5, 5.41) is 23.6. The van der Waals surface area contributed by atoms with Crippen LogP contribution in [-0.2, 0) is 0 Å². The van der Waals surface area contributed by atoms with E-state index in [0.29, 0.717) is 10.5 Å². The normalized spacial score (nSPS) is 11.6. The summed E-state index contributed by atoms with van der Waals surface area (Å²) in [5.41, 5.74) is 0.167. The zero-order valence-electron chi connectivity index (χ0n) is 7.90. The van der Waals surface area contributed by atoms with Gasteiger partial charge in [0, 0.05) is 0 Å². The summed E-state index contributed by atoms with van der Waals surface area (Å²) in [4.78, 5) is 9.88. The lowest BCUT2D eigenvalue weighted by Gasteiger charge is -1.97. The van der Waals surface area contributed by atoms with Crippen LogP contribution in [0.2, 0.25) is 0 Å². The van der Waals surface area contributed by atoms with Crippen molar-refractivity contribution in [2.75, 3.05) is 0 Å². The Morgan fingerprint density at radius 1 is 1.62 bits per heavy atom. The third-order valence-electron chi connectivity index (χ3n) is 1.83. The topological polar surface area (TPSA) is 83.2 Å². The van der Waals surface area contributed by atoms with Gasteiger partial charge < -0.3 is 9.62 Å². The first kappa shape index (κ1) is 10.4. The molecule has 6 nitrogen and oxygen atoms in total. The maximum absolute atomic E-state index is 11.4. The van der Waals surface area contributed by atoms with Gasteiger partial charge in [-0.1, -0.05) is 11.3 Å². The zero-order valence-corrected chi connectivity index (χ0v) is 8.72. The van der Waals surface area contributed by atoms with Crippen molar-refractivity contribution in [3.63, 3.8) is 0 Å². The van der Waals surface area contributed by atoms with Crippen molar-refractivity contribution in [2.45, 2.75) is 0 Å². The summed E-state index contributed by atoms with van der Waals surface area (Å²) in [7, 11) is 0. The second kappa shape index (κ2) is 4.15. The van der Waals surface area contributed by atoms with Gasteiger partial charge in [-0.05, 0) is 12.1 Å². The van der Waals surface area contributed by atoms with E-state index < -0.39 is 4.92 Å². The maximum atomic E-state index is 11.4. The van der Waals surface area contributed by atoms with E-state index in [1.807, 2.05) is 0 Å². The molecule has 82 valence electrons. The summed E-state index contributed by atoms with van der Waals surface area (Å²) in [6.07, 6.45) is 3.45. The van der Waals surface area contributed by atoms with Crippen LogP contribution in [0.4, 0.5) is 0 Å². The van der Waals surface area contributed by atoms with E-state index >= 15 is 0 Å². The molecule has 7 heteroatoms. The molecule has 16 heavy (non-hydrogen) atoms. The van der Waals surface area contributed by atoms with E-state index in [2.05, 4.69) is 0 Å². The van der Waals surface area contributed by atoms with Gasteiger partial charge in [-0.15, -0.1) is 0 Å². The number of nitro groups is 1. The largest absolute Gasteiger partial charge is 0.618 e. The molecule has 0 atom stereocenters. The average molecular weight is 238 g/mol. The first-order valence-corrected chi connectivity index (χ1v) is 5.12. The Morgan fingerprint density at radius 2 is 2.44 bits per heavy atom. The molecule has 0 radical (unpaired) electrons. The van der Waals surface area contributed by atoms with Crippen LogP contribution in [0, 0.1) is 15.3 Å². The molecule has 2 aromatic heterocycles. The van der Waals surface area contributed by atoms with Gasteiger partial charge in [0.2, 0.25) is 0 Å². The Hall–Kier alpha value is -2.15. The van der Waals surface area contributed by atoms with Crippen molar-refractivity contribution < 1.29 is 14.1 Å². The summed E-state index contributed by atoms with van der Waals surface area (Å²) >= 11 is 1.12. The van der Waals surface area contributed by atoms with Crippen LogP contribution in [0.5, 0.6) is 0 Å². The average Bonchev–Trinajstić information content (AvgIpc) is 2.84. The highest BCUT2D eigenvalue weighted by Crippen LogP contribution is 2.24. The molecule has 0 bridgehead atoms. The molecule has 0 spiro atoms. The fourth-order valence-corrected chi connectivity index (χ4v) is 1.96. The monoisotopic (exact) mass is 238 g/mol. The molecule has 0 saturated heterocycles.